The van der Waals surface area contributed by atoms with Crippen molar-refractivity contribution in [2.24, 2.45) is 0 Å². The highest BCUT2D eigenvalue weighted by molar-refractivity contribution is 7.95. The Kier molecular flexibility index (Phi) is 5.14. The second-order valence-electron chi connectivity index (χ2n) is 2.01. The number of halogens is 1. The number of thiol groups is 1. The fourth-order valence-electron chi connectivity index (χ4n) is 0.481. The molecule has 13 heavy (non-hydrogen) atoms. The van der Waals surface area contributed by atoms with E-state index >= 15 is 0 Å². The average molecular weight is 254 g/mol. The summed E-state index contributed by atoms with van der Waals surface area (Å²) in [6.45, 7) is 0. The minimum atomic E-state index is -4.26. The minimum absolute atomic E-state index is 0.324. The first-order valence-electron chi connectivity index (χ1n) is 2.91. The molecule has 0 saturated heterocycles. The fraction of sp³-hybridized carbons (Fsp3) is 1.00. The van der Waals surface area contributed by atoms with E-state index in [-0.39, 0.29) is 6.42 Å². The highest BCUT2D eigenvalue weighted by Crippen LogP contribution is 2.02. The third kappa shape index (κ3) is 6.21. The molecular formula is C3H7FO6S3. The predicted octanol–water partition coefficient (Wildman–Crippen LogP) is -0.201. The molecule has 0 heterocycles. The lowest BCUT2D eigenvalue weighted by Gasteiger charge is -1.98. The van der Waals surface area contributed by atoms with Gasteiger partial charge in [-0.25, -0.2) is 3.63 Å². The Balaban J connectivity index is 3.96. The van der Waals surface area contributed by atoms with Crippen molar-refractivity contribution in [2.75, 3.05) is 11.5 Å². The zero-order chi connectivity index (χ0) is 10.5. The lowest BCUT2D eigenvalue weighted by molar-refractivity contribution is 0.00297. The third-order valence-corrected chi connectivity index (χ3v) is 3.68. The van der Waals surface area contributed by atoms with Crippen LogP contribution in [0, 0.1) is 0 Å². The lowest BCUT2D eigenvalue weighted by Crippen LogP contribution is -2.12. The molecule has 0 radical (unpaired) electrons. The van der Waals surface area contributed by atoms with E-state index < -0.39 is 31.7 Å². The molecule has 10 heteroatoms. The average Bonchev–Trinajstić information content (AvgIpc) is 2.04. The van der Waals surface area contributed by atoms with Gasteiger partial charge in [0, 0.05) is 0 Å². The molecule has 80 valence electrons. The molecule has 0 N–H and O–H groups in total. The molecular weight excluding hydrogens is 247 g/mol. The minimum Gasteiger partial charge on any atom is -0.201 e. The van der Waals surface area contributed by atoms with Crippen molar-refractivity contribution >= 4 is 33.1 Å². The predicted molar refractivity (Wildman–Crippen MR) is 44.5 cm³/mol. The summed E-state index contributed by atoms with van der Waals surface area (Å²) in [5, 5.41) is 0. The van der Waals surface area contributed by atoms with Gasteiger partial charge >= 0.3 is 0 Å². The van der Waals surface area contributed by atoms with Crippen molar-refractivity contribution in [3.8, 4) is 0 Å². The first-order chi connectivity index (χ1) is 5.83. The normalized spacial score (nSPS) is 13.1. The second-order valence-corrected chi connectivity index (χ2v) is 5.78. The Morgan fingerprint density at radius 2 is 1.54 bits per heavy atom. The molecule has 0 fully saturated rings. The third-order valence-electron chi connectivity index (χ3n) is 0.998. The van der Waals surface area contributed by atoms with Crippen molar-refractivity contribution in [3.63, 3.8) is 0 Å². The van der Waals surface area contributed by atoms with E-state index in [1.165, 1.54) is 0 Å². The Hall–Kier alpha value is 0.1000. The molecule has 0 atom stereocenters. The van der Waals surface area contributed by atoms with E-state index in [4.69, 9.17) is 0 Å². The monoisotopic (exact) mass is 254 g/mol. The van der Waals surface area contributed by atoms with Crippen LogP contribution in [0.25, 0.3) is 0 Å². The molecule has 0 bridgehead atoms. The van der Waals surface area contributed by atoms with Crippen molar-refractivity contribution in [1.82, 2.24) is 0 Å². The van der Waals surface area contributed by atoms with Gasteiger partial charge in [0.2, 0.25) is 0 Å². The Labute approximate surface area is 80.8 Å². The molecule has 6 nitrogen and oxygen atoms in total. The molecule has 0 aliphatic heterocycles. The Morgan fingerprint density at radius 1 is 1.08 bits per heavy atom. The van der Waals surface area contributed by atoms with Gasteiger partial charge in [0.25, 0.3) is 20.2 Å². The van der Waals surface area contributed by atoms with Crippen LogP contribution in [0.2, 0.25) is 0 Å². The van der Waals surface area contributed by atoms with Crippen LogP contribution in [-0.4, -0.2) is 28.3 Å². The molecule has 0 aromatic heterocycles. The molecule has 0 aliphatic rings. The maximum atomic E-state index is 11.2. The first kappa shape index (κ1) is 13.1. The molecule has 0 aromatic rings. The van der Waals surface area contributed by atoms with Crippen molar-refractivity contribution < 1.29 is 29.4 Å². The lowest BCUT2D eigenvalue weighted by atomic mass is 10.6. The van der Waals surface area contributed by atoms with Gasteiger partial charge in [-0.05, 0) is 23.9 Å². The number of hydrogen-bond donors (Lipinski definition) is 1. The number of hydrogen-bond acceptors (Lipinski definition) is 7. The zero-order valence-electron chi connectivity index (χ0n) is 6.21. The van der Waals surface area contributed by atoms with E-state index in [0.717, 1.165) is 0 Å². The smallest absolute Gasteiger partial charge is 0.201 e. The van der Waals surface area contributed by atoms with E-state index in [1.54, 1.807) is 0 Å². The molecule has 0 aliphatic carbocycles. The zero-order valence-corrected chi connectivity index (χ0v) is 8.74. The van der Waals surface area contributed by atoms with Gasteiger partial charge in [-0.3, -0.25) is 0 Å². The van der Waals surface area contributed by atoms with Gasteiger partial charge < -0.3 is 0 Å². The summed E-state index contributed by atoms with van der Waals surface area (Å²) in [5.41, 5.74) is 0. The summed E-state index contributed by atoms with van der Waals surface area (Å²) in [7, 11) is -8.09. The molecule has 0 unspecified atom stereocenters. The van der Waals surface area contributed by atoms with Crippen LogP contribution in [0.15, 0.2) is 0 Å². The fourth-order valence-corrected chi connectivity index (χ4v) is 2.02. The van der Waals surface area contributed by atoms with Gasteiger partial charge in [0.15, 0.2) is 0 Å². The van der Waals surface area contributed by atoms with Gasteiger partial charge in [0.1, 0.15) is 0 Å². The Bertz CT molecular complexity index is 296. The largest absolute Gasteiger partial charge is 0.297 e. The van der Waals surface area contributed by atoms with Crippen LogP contribution in [0.1, 0.15) is 6.42 Å². The maximum absolute atomic E-state index is 11.2. The van der Waals surface area contributed by atoms with Crippen molar-refractivity contribution in [3.05, 3.63) is 0 Å². The SMILES string of the molecule is O=S(=O)(CCCS(=O)(=O)OS)OF. The van der Waals surface area contributed by atoms with Crippen LogP contribution in [-0.2, 0) is 28.3 Å². The van der Waals surface area contributed by atoms with E-state index in [9.17, 15) is 21.4 Å². The maximum Gasteiger partial charge on any atom is 0.297 e. The molecule has 0 spiro atoms. The van der Waals surface area contributed by atoms with E-state index in [2.05, 4.69) is 20.9 Å². The van der Waals surface area contributed by atoms with Crippen LogP contribution in [0.4, 0.5) is 4.53 Å². The first-order valence-corrected chi connectivity index (χ1v) is 6.43. The van der Waals surface area contributed by atoms with Crippen LogP contribution in [0.5, 0.6) is 0 Å². The van der Waals surface area contributed by atoms with E-state index in [1.807, 2.05) is 0 Å². The van der Waals surface area contributed by atoms with Gasteiger partial charge in [0.05, 0.1) is 11.5 Å². The Morgan fingerprint density at radius 3 is 1.92 bits per heavy atom. The van der Waals surface area contributed by atoms with Gasteiger partial charge in [-0.2, -0.15) is 16.8 Å². The topological polar surface area (TPSA) is 86.7 Å². The van der Waals surface area contributed by atoms with Crippen LogP contribution < -0.4 is 0 Å². The van der Waals surface area contributed by atoms with Crippen molar-refractivity contribution in [1.29, 1.82) is 0 Å². The van der Waals surface area contributed by atoms with Gasteiger partial charge in [-0.15, -0.1) is 0 Å². The standard InChI is InChI=1S/C3H7FO6S3/c4-9-12(5,6)2-1-3-13(7,8)10-11/h11H,1-3H2. The van der Waals surface area contributed by atoms with Gasteiger partial charge in [-0.1, -0.05) is 4.39 Å². The highest BCUT2D eigenvalue weighted by Gasteiger charge is 2.15. The summed E-state index contributed by atoms with van der Waals surface area (Å²) in [6, 6.07) is 0. The summed E-state index contributed by atoms with van der Waals surface area (Å²) in [4.78, 5) is 0. The van der Waals surface area contributed by atoms with Crippen molar-refractivity contribution in [2.45, 2.75) is 6.42 Å². The summed E-state index contributed by atoms with van der Waals surface area (Å²) in [5.74, 6) is -1.31. The molecule has 0 rings (SSSR count). The number of rotatable bonds is 6. The molecule has 0 saturated carbocycles. The van der Waals surface area contributed by atoms with E-state index in [0.29, 0.717) is 0 Å². The summed E-state index contributed by atoms with van der Waals surface area (Å²) in [6.07, 6.45) is -0.324. The molecule has 0 amide bonds. The second kappa shape index (κ2) is 5.10. The summed E-state index contributed by atoms with van der Waals surface area (Å²) >= 11 is 3.03. The highest BCUT2D eigenvalue weighted by atomic mass is 32.3. The quantitative estimate of drug-likeness (QED) is 0.521. The molecule has 0 aromatic carbocycles. The van der Waals surface area contributed by atoms with Crippen LogP contribution >= 0.6 is 12.9 Å². The summed E-state index contributed by atoms with van der Waals surface area (Å²) < 4.78 is 59.2. The van der Waals surface area contributed by atoms with Crippen LogP contribution in [0.3, 0.4) is 0 Å².